The number of thioether (sulfide) groups is 1. The van der Waals surface area contributed by atoms with Crippen LogP contribution in [0.5, 0.6) is 0 Å². The SMILES string of the molecule is CCCc1nnc(SCC(=O)O)n1/N=C\c1ccc(Br)cc1. The average Bonchev–Trinajstić information content (AvgIpc) is 2.87. The molecule has 0 saturated heterocycles. The second-order valence-electron chi connectivity index (χ2n) is 4.44. The van der Waals surface area contributed by atoms with Crippen LogP contribution in [0.4, 0.5) is 0 Å². The fourth-order valence-electron chi connectivity index (χ4n) is 1.68. The largest absolute Gasteiger partial charge is 0.481 e. The van der Waals surface area contributed by atoms with E-state index in [1.54, 1.807) is 10.9 Å². The molecular weight excluding hydrogens is 368 g/mol. The first-order chi connectivity index (χ1) is 10.6. The van der Waals surface area contributed by atoms with Crippen molar-refractivity contribution in [2.24, 2.45) is 5.10 Å². The number of hydrogen-bond donors (Lipinski definition) is 1. The number of aliphatic carboxylic acids is 1. The van der Waals surface area contributed by atoms with Crippen molar-refractivity contribution in [2.45, 2.75) is 24.9 Å². The number of hydrogen-bond acceptors (Lipinski definition) is 5. The van der Waals surface area contributed by atoms with Crippen molar-refractivity contribution in [3.05, 3.63) is 40.1 Å². The van der Waals surface area contributed by atoms with Crippen LogP contribution in [0.1, 0.15) is 24.7 Å². The Balaban J connectivity index is 2.23. The van der Waals surface area contributed by atoms with Gasteiger partial charge in [-0.05, 0) is 24.1 Å². The highest BCUT2D eigenvalue weighted by molar-refractivity contribution is 9.10. The third kappa shape index (κ3) is 4.67. The van der Waals surface area contributed by atoms with E-state index in [0.717, 1.165) is 40.5 Å². The normalized spacial score (nSPS) is 11.2. The van der Waals surface area contributed by atoms with Crippen LogP contribution in [0.2, 0.25) is 0 Å². The van der Waals surface area contributed by atoms with Crippen molar-refractivity contribution in [1.29, 1.82) is 0 Å². The summed E-state index contributed by atoms with van der Waals surface area (Å²) in [5.41, 5.74) is 0.938. The molecule has 1 heterocycles. The summed E-state index contributed by atoms with van der Waals surface area (Å²) >= 11 is 4.49. The second kappa shape index (κ2) is 8.09. The number of aryl methyl sites for hydroxylation is 1. The Bertz CT molecular complexity index is 670. The van der Waals surface area contributed by atoms with Gasteiger partial charge >= 0.3 is 5.97 Å². The number of rotatable bonds is 7. The summed E-state index contributed by atoms with van der Waals surface area (Å²) in [6.45, 7) is 2.04. The molecule has 0 saturated carbocycles. The molecule has 1 aromatic carbocycles. The Labute approximate surface area is 140 Å². The molecule has 0 radical (unpaired) electrons. The van der Waals surface area contributed by atoms with Gasteiger partial charge in [0.2, 0.25) is 5.16 Å². The number of carboxylic acids is 1. The van der Waals surface area contributed by atoms with Crippen LogP contribution in [0, 0.1) is 0 Å². The van der Waals surface area contributed by atoms with E-state index in [-0.39, 0.29) is 5.75 Å². The number of aromatic nitrogens is 3. The van der Waals surface area contributed by atoms with E-state index in [4.69, 9.17) is 5.11 Å². The summed E-state index contributed by atoms with van der Waals surface area (Å²) in [5, 5.41) is 21.8. The van der Waals surface area contributed by atoms with E-state index < -0.39 is 5.97 Å². The van der Waals surface area contributed by atoms with Gasteiger partial charge in [0.05, 0.1) is 12.0 Å². The number of benzene rings is 1. The third-order valence-electron chi connectivity index (χ3n) is 2.67. The molecule has 22 heavy (non-hydrogen) atoms. The molecular formula is C14H15BrN4O2S. The van der Waals surface area contributed by atoms with Gasteiger partial charge in [0.25, 0.3) is 0 Å². The highest BCUT2D eigenvalue weighted by Gasteiger charge is 2.12. The Morgan fingerprint density at radius 1 is 1.41 bits per heavy atom. The molecule has 0 aliphatic heterocycles. The minimum Gasteiger partial charge on any atom is -0.481 e. The van der Waals surface area contributed by atoms with Gasteiger partial charge in [-0.1, -0.05) is 46.7 Å². The summed E-state index contributed by atoms with van der Waals surface area (Å²) in [6, 6.07) is 7.73. The molecule has 0 spiro atoms. The molecule has 0 fully saturated rings. The zero-order chi connectivity index (χ0) is 15.9. The van der Waals surface area contributed by atoms with Crippen LogP contribution >= 0.6 is 27.7 Å². The Kier molecular flexibility index (Phi) is 6.14. The number of nitrogens with zero attached hydrogens (tertiary/aromatic N) is 4. The van der Waals surface area contributed by atoms with Crippen LogP contribution in [-0.4, -0.2) is 37.9 Å². The molecule has 0 aliphatic carbocycles. The predicted octanol–water partition coefficient (Wildman–Crippen LogP) is 3.05. The Morgan fingerprint density at radius 2 is 2.14 bits per heavy atom. The monoisotopic (exact) mass is 382 g/mol. The van der Waals surface area contributed by atoms with Gasteiger partial charge in [0.15, 0.2) is 5.82 Å². The minimum atomic E-state index is -0.895. The molecule has 8 heteroatoms. The number of halogens is 1. The third-order valence-corrected chi connectivity index (χ3v) is 4.10. The zero-order valence-electron chi connectivity index (χ0n) is 11.9. The molecule has 1 aromatic heterocycles. The quantitative estimate of drug-likeness (QED) is 0.587. The molecule has 2 rings (SSSR count). The van der Waals surface area contributed by atoms with Crippen molar-refractivity contribution in [3.63, 3.8) is 0 Å². The first-order valence-corrected chi connectivity index (χ1v) is 8.46. The number of carboxylic acid groups (broad SMARTS) is 1. The molecule has 0 amide bonds. The van der Waals surface area contributed by atoms with Crippen LogP contribution in [0.25, 0.3) is 0 Å². The topological polar surface area (TPSA) is 80.4 Å². The lowest BCUT2D eigenvalue weighted by Gasteiger charge is -2.02. The molecule has 0 bridgehead atoms. The van der Waals surface area contributed by atoms with Gasteiger partial charge < -0.3 is 5.11 Å². The molecule has 0 unspecified atom stereocenters. The maximum atomic E-state index is 10.7. The maximum Gasteiger partial charge on any atom is 0.313 e. The fourth-order valence-corrected chi connectivity index (χ4v) is 2.57. The smallest absolute Gasteiger partial charge is 0.313 e. The Hall–Kier alpha value is -1.67. The van der Waals surface area contributed by atoms with Gasteiger partial charge in [-0.3, -0.25) is 4.79 Å². The average molecular weight is 383 g/mol. The first-order valence-electron chi connectivity index (χ1n) is 6.69. The zero-order valence-corrected chi connectivity index (χ0v) is 14.3. The van der Waals surface area contributed by atoms with E-state index in [1.807, 2.05) is 31.2 Å². The van der Waals surface area contributed by atoms with E-state index in [2.05, 4.69) is 31.2 Å². The summed E-state index contributed by atoms with van der Waals surface area (Å²) in [7, 11) is 0. The van der Waals surface area contributed by atoms with E-state index >= 15 is 0 Å². The summed E-state index contributed by atoms with van der Waals surface area (Å²) in [5.74, 6) is -0.241. The lowest BCUT2D eigenvalue weighted by molar-refractivity contribution is -0.133. The van der Waals surface area contributed by atoms with Gasteiger partial charge in [-0.15, -0.1) is 10.2 Å². The highest BCUT2D eigenvalue weighted by atomic mass is 79.9. The van der Waals surface area contributed by atoms with E-state index in [0.29, 0.717) is 5.16 Å². The molecule has 116 valence electrons. The number of carbonyl (C=O) groups is 1. The minimum absolute atomic E-state index is 0.0714. The van der Waals surface area contributed by atoms with Crippen molar-refractivity contribution < 1.29 is 9.90 Å². The first kappa shape index (κ1) is 16.7. The Morgan fingerprint density at radius 3 is 2.77 bits per heavy atom. The summed E-state index contributed by atoms with van der Waals surface area (Å²) < 4.78 is 2.61. The summed E-state index contributed by atoms with van der Waals surface area (Å²) in [6.07, 6.45) is 3.35. The van der Waals surface area contributed by atoms with Gasteiger partial charge in [0.1, 0.15) is 0 Å². The molecule has 6 nitrogen and oxygen atoms in total. The highest BCUT2D eigenvalue weighted by Crippen LogP contribution is 2.18. The van der Waals surface area contributed by atoms with E-state index in [9.17, 15) is 4.79 Å². The van der Waals surface area contributed by atoms with Crippen LogP contribution in [-0.2, 0) is 11.2 Å². The second-order valence-corrected chi connectivity index (χ2v) is 6.30. The lowest BCUT2D eigenvalue weighted by atomic mass is 10.2. The predicted molar refractivity (Wildman–Crippen MR) is 89.5 cm³/mol. The molecule has 0 aliphatic rings. The summed E-state index contributed by atoms with van der Waals surface area (Å²) in [4.78, 5) is 10.7. The standard InChI is InChI=1S/C14H15BrN4O2S/c1-2-3-12-17-18-14(22-9-13(20)21)19(12)16-8-10-4-6-11(15)7-5-10/h4-8H,2-3,9H2,1H3,(H,20,21)/b16-8-. The lowest BCUT2D eigenvalue weighted by Crippen LogP contribution is -2.03. The van der Waals surface area contributed by atoms with Crippen molar-refractivity contribution in [1.82, 2.24) is 14.9 Å². The molecule has 2 aromatic rings. The van der Waals surface area contributed by atoms with Crippen LogP contribution in [0.3, 0.4) is 0 Å². The van der Waals surface area contributed by atoms with Gasteiger partial charge in [0, 0.05) is 10.9 Å². The molecule has 1 N–H and O–H groups in total. The van der Waals surface area contributed by atoms with Gasteiger partial charge in [-0.2, -0.15) is 9.78 Å². The van der Waals surface area contributed by atoms with E-state index in [1.165, 1.54) is 0 Å². The fraction of sp³-hybridized carbons (Fsp3) is 0.286. The van der Waals surface area contributed by atoms with Gasteiger partial charge in [-0.25, -0.2) is 0 Å². The van der Waals surface area contributed by atoms with Crippen LogP contribution < -0.4 is 0 Å². The van der Waals surface area contributed by atoms with Crippen molar-refractivity contribution >= 4 is 39.9 Å². The maximum absolute atomic E-state index is 10.7. The molecule has 0 atom stereocenters. The van der Waals surface area contributed by atoms with Crippen LogP contribution in [0.15, 0.2) is 39.0 Å². The van der Waals surface area contributed by atoms with Crippen molar-refractivity contribution in [3.8, 4) is 0 Å². The van der Waals surface area contributed by atoms with Crippen molar-refractivity contribution in [2.75, 3.05) is 5.75 Å².